The minimum absolute atomic E-state index is 0.171. The van der Waals surface area contributed by atoms with Gasteiger partial charge in [0.25, 0.3) is 0 Å². The second-order valence-corrected chi connectivity index (χ2v) is 8.84. The summed E-state index contributed by atoms with van der Waals surface area (Å²) >= 11 is 1.62. The van der Waals surface area contributed by atoms with Crippen molar-refractivity contribution in [3.63, 3.8) is 0 Å². The van der Waals surface area contributed by atoms with Gasteiger partial charge in [0, 0.05) is 24.4 Å². The molecule has 1 amide bonds. The van der Waals surface area contributed by atoms with Crippen LogP contribution in [-0.4, -0.2) is 52.4 Å². The molecule has 0 bridgehead atoms. The van der Waals surface area contributed by atoms with E-state index < -0.39 is 0 Å². The van der Waals surface area contributed by atoms with Crippen LogP contribution in [0.1, 0.15) is 26.2 Å². The van der Waals surface area contributed by atoms with Crippen molar-refractivity contribution < 1.29 is 14.3 Å². The molecule has 7 heteroatoms. The molecule has 6 nitrogen and oxygen atoms in total. The van der Waals surface area contributed by atoms with Gasteiger partial charge in [-0.2, -0.15) is 0 Å². The smallest absolute Gasteiger partial charge is 0.242 e. The van der Waals surface area contributed by atoms with Gasteiger partial charge in [-0.3, -0.25) is 4.79 Å². The van der Waals surface area contributed by atoms with E-state index in [0.717, 1.165) is 52.8 Å². The van der Waals surface area contributed by atoms with Crippen LogP contribution in [0.15, 0.2) is 53.7 Å². The van der Waals surface area contributed by atoms with Gasteiger partial charge in [0.15, 0.2) is 5.16 Å². The molecule has 1 saturated heterocycles. The molecule has 1 atom stereocenters. The number of hydrogen-bond donors (Lipinski definition) is 0. The largest absolute Gasteiger partial charge is 0.497 e. The minimum atomic E-state index is 0.171. The van der Waals surface area contributed by atoms with E-state index in [0.29, 0.717) is 19.2 Å². The topological polar surface area (TPSA) is 56.6 Å². The SMILES string of the molecule is COc1cccc(OCCSc2nc3ccccc3n2CC(=O)N2CCCC[C@H]2C)c1. The zero-order valence-corrected chi connectivity index (χ0v) is 18.9. The molecule has 0 spiro atoms. The van der Waals surface area contributed by atoms with Crippen LogP contribution in [0, 0.1) is 0 Å². The number of aromatic nitrogens is 2. The summed E-state index contributed by atoms with van der Waals surface area (Å²) in [5, 5.41) is 0.855. The quantitative estimate of drug-likeness (QED) is 0.379. The van der Waals surface area contributed by atoms with Gasteiger partial charge in [-0.15, -0.1) is 0 Å². The number of carbonyl (C=O) groups is 1. The van der Waals surface area contributed by atoms with Crippen LogP contribution in [0.5, 0.6) is 11.5 Å². The van der Waals surface area contributed by atoms with Crippen LogP contribution in [-0.2, 0) is 11.3 Å². The predicted octanol–water partition coefficient (Wildman–Crippen LogP) is 4.62. The number of rotatable bonds is 8. The van der Waals surface area contributed by atoms with Gasteiger partial charge in [0.05, 0.1) is 24.8 Å². The molecule has 0 unspecified atom stereocenters. The zero-order valence-electron chi connectivity index (χ0n) is 18.1. The Morgan fingerprint density at radius 3 is 2.84 bits per heavy atom. The first kappa shape index (κ1) is 21.6. The average Bonchev–Trinajstić information content (AvgIpc) is 3.14. The van der Waals surface area contributed by atoms with Crippen LogP contribution >= 0.6 is 11.8 Å². The lowest BCUT2D eigenvalue weighted by molar-refractivity contribution is -0.135. The zero-order chi connectivity index (χ0) is 21.6. The third-order valence-electron chi connectivity index (χ3n) is 5.66. The highest BCUT2D eigenvalue weighted by atomic mass is 32.2. The highest BCUT2D eigenvalue weighted by Gasteiger charge is 2.24. The van der Waals surface area contributed by atoms with E-state index >= 15 is 0 Å². The van der Waals surface area contributed by atoms with Crippen molar-refractivity contribution in [2.75, 3.05) is 26.0 Å². The minimum Gasteiger partial charge on any atom is -0.497 e. The molecule has 1 aliphatic rings. The number of thioether (sulfide) groups is 1. The van der Waals surface area contributed by atoms with Crippen LogP contribution in [0.25, 0.3) is 11.0 Å². The molecule has 0 N–H and O–H groups in total. The number of imidazole rings is 1. The number of nitrogens with zero attached hydrogens (tertiary/aromatic N) is 3. The molecule has 1 aliphatic heterocycles. The van der Waals surface area contributed by atoms with Crippen molar-refractivity contribution in [2.45, 2.75) is 43.9 Å². The van der Waals surface area contributed by atoms with E-state index in [1.54, 1.807) is 18.9 Å². The Hall–Kier alpha value is -2.67. The standard InChI is InChI=1S/C24H29N3O3S/c1-18-8-5-6-13-26(18)23(28)17-27-22-12-4-3-11-21(22)25-24(27)31-15-14-30-20-10-7-9-19(16-20)29-2/h3-4,7,9-12,16,18H,5-6,8,13-15,17H2,1-2H3/t18-/m1/s1. The second kappa shape index (κ2) is 10.1. The first-order valence-electron chi connectivity index (χ1n) is 10.8. The lowest BCUT2D eigenvalue weighted by Crippen LogP contribution is -2.43. The van der Waals surface area contributed by atoms with E-state index in [2.05, 4.69) is 11.5 Å². The fraction of sp³-hybridized carbons (Fsp3) is 0.417. The molecular weight excluding hydrogens is 410 g/mol. The normalized spacial score (nSPS) is 16.5. The molecule has 0 radical (unpaired) electrons. The maximum absolute atomic E-state index is 13.1. The van der Waals surface area contributed by atoms with Gasteiger partial charge in [-0.1, -0.05) is 30.0 Å². The number of likely N-dealkylation sites (tertiary alicyclic amines) is 1. The summed E-state index contributed by atoms with van der Waals surface area (Å²) in [6.45, 7) is 3.86. The van der Waals surface area contributed by atoms with Crippen LogP contribution in [0.2, 0.25) is 0 Å². The van der Waals surface area contributed by atoms with Crippen LogP contribution in [0.4, 0.5) is 0 Å². The summed E-state index contributed by atoms with van der Waals surface area (Å²) in [4.78, 5) is 19.9. The van der Waals surface area contributed by atoms with Crippen LogP contribution < -0.4 is 9.47 Å². The fourth-order valence-electron chi connectivity index (χ4n) is 3.99. The van der Waals surface area contributed by atoms with Gasteiger partial charge in [-0.05, 0) is 50.5 Å². The van der Waals surface area contributed by atoms with Crippen LogP contribution in [0.3, 0.4) is 0 Å². The van der Waals surface area contributed by atoms with Crippen molar-refractivity contribution in [1.82, 2.24) is 14.5 Å². The summed E-state index contributed by atoms with van der Waals surface area (Å²) in [5.41, 5.74) is 1.91. The highest BCUT2D eigenvalue weighted by molar-refractivity contribution is 7.99. The first-order chi connectivity index (χ1) is 15.2. The Kier molecular flexibility index (Phi) is 7.02. The van der Waals surface area contributed by atoms with Crippen molar-refractivity contribution in [1.29, 1.82) is 0 Å². The third-order valence-corrected chi connectivity index (χ3v) is 6.60. The highest BCUT2D eigenvalue weighted by Crippen LogP contribution is 2.26. The number of hydrogen-bond acceptors (Lipinski definition) is 5. The predicted molar refractivity (Wildman–Crippen MR) is 124 cm³/mol. The average molecular weight is 440 g/mol. The van der Waals surface area contributed by atoms with E-state index in [9.17, 15) is 4.79 Å². The monoisotopic (exact) mass is 439 g/mol. The molecule has 4 rings (SSSR count). The number of benzene rings is 2. The number of fused-ring (bicyclic) bond motifs is 1. The molecule has 1 aromatic heterocycles. The Labute approximate surface area is 187 Å². The van der Waals surface area contributed by atoms with E-state index in [-0.39, 0.29) is 5.91 Å². The second-order valence-electron chi connectivity index (χ2n) is 7.78. The molecule has 31 heavy (non-hydrogen) atoms. The van der Waals surface area contributed by atoms with Crippen molar-refractivity contribution in [3.05, 3.63) is 48.5 Å². The maximum atomic E-state index is 13.1. The molecule has 3 aromatic rings. The van der Waals surface area contributed by atoms with Crippen molar-refractivity contribution >= 4 is 28.7 Å². The Morgan fingerprint density at radius 1 is 1.16 bits per heavy atom. The summed E-state index contributed by atoms with van der Waals surface area (Å²) in [5.74, 6) is 2.46. The summed E-state index contributed by atoms with van der Waals surface area (Å²) in [7, 11) is 1.64. The number of carbonyl (C=O) groups excluding carboxylic acids is 1. The van der Waals surface area contributed by atoms with E-state index in [1.165, 1.54) is 6.42 Å². The Bertz CT molecular complexity index is 1040. The van der Waals surface area contributed by atoms with Crippen molar-refractivity contribution in [2.24, 2.45) is 0 Å². The Morgan fingerprint density at radius 2 is 2.00 bits per heavy atom. The molecule has 2 heterocycles. The lowest BCUT2D eigenvalue weighted by atomic mass is 10.0. The van der Waals surface area contributed by atoms with Gasteiger partial charge >= 0.3 is 0 Å². The number of piperidine rings is 1. The third kappa shape index (κ3) is 5.15. The van der Waals surface area contributed by atoms with Gasteiger partial charge < -0.3 is 18.9 Å². The van der Waals surface area contributed by atoms with E-state index in [1.807, 2.05) is 53.4 Å². The molecular formula is C24H29N3O3S. The number of ether oxygens (including phenoxy) is 2. The molecule has 1 fully saturated rings. The molecule has 164 valence electrons. The molecule has 0 saturated carbocycles. The van der Waals surface area contributed by atoms with Gasteiger partial charge in [0.2, 0.25) is 5.91 Å². The van der Waals surface area contributed by atoms with Gasteiger partial charge in [-0.25, -0.2) is 4.98 Å². The Balaban J connectivity index is 1.44. The van der Waals surface area contributed by atoms with Gasteiger partial charge in [0.1, 0.15) is 18.0 Å². The lowest BCUT2D eigenvalue weighted by Gasteiger charge is -2.33. The number of amides is 1. The van der Waals surface area contributed by atoms with E-state index in [4.69, 9.17) is 14.5 Å². The molecule has 0 aliphatic carbocycles. The van der Waals surface area contributed by atoms with Crippen molar-refractivity contribution in [3.8, 4) is 11.5 Å². The summed E-state index contributed by atoms with van der Waals surface area (Å²) in [6, 6.07) is 15.9. The number of para-hydroxylation sites is 2. The maximum Gasteiger partial charge on any atom is 0.242 e. The fourth-order valence-corrected chi connectivity index (χ4v) is 4.83. The number of methoxy groups -OCH3 is 1. The summed E-state index contributed by atoms with van der Waals surface area (Å²) in [6.07, 6.45) is 3.37. The summed E-state index contributed by atoms with van der Waals surface area (Å²) < 4.78 is 13.2. The molecule has 2 aromatic carbocycles. The first-order valence-corrected chi connectivity index (χ1v) is 11.8.